The summed E-state index contributed by atoms with van der Waals surface area (Å²) in [6.45, 7) is 0. The minimum atomic E-state index is -1.51. The van der Waals surface area contributed by atoms with E-state index in [0.717, 1.165) is 6.07 Å². The molecule has 0 aliphatic carbocycles. The Kier molecular flexibility index (Phi) is 3.81. The first-order valence-corrected chi connectivity index (χ1v) is 4.95. The molecule has 2 nitrogen and oxygen atoms in total. The molecule has 0 bridgehead atoms. The van der Waals surface area contributed by atoms with Crippen LogP contribution in [-0.4, -0.2) is 16.4 Å². The predicted octanol–water partition coefficient (Wildman–Crippen LogP) is 2.41. The Balaban J connectivity index is 3.25. The van der Waals surface area contributed by atoms with Crippen LogP contribution in [0, 0.1) is 23.5 Å². The van der Waals surface area contributed by atoms with Crippen LogP contribution in [0.4, 0.5) is 8.78 Å². The van der Waals surface area contributed by atoms with Crippen molar-refractivity contribution in [3.05, 3.63) is 34.9 Å². The van der Waals surface area contributed by atoms with Gasteiger partial charge in [0.2, 0.25) is 0 Å². The van der Waals surface area contributed by atoms with Gasteiger partial charge < -0.3 is 5.11 Å². The molecule has 0 saturated heterocycles. The highest BCUT2D eigenvalue weighted by molar-refractivity contribution is 9.09. The van der Waals surface area contributed by atoms with Gasteiger partial charge in [-0.2, -0.15) is 0 Å². The number of alkyl halides is 1. The van der Waals surface area contributed by atoms with Crippen LogP contribution in [0.25, 0.3) is 0 Å². The van der Waals surface area contributed by atoms with E-state index < -0.39 is 23.2 Å². The van der Waals surface area contributed by atoms with E-state index in [1.54, 1.807) is 0 Å². The Morgan fingerprint density at radius 1 is 1.40 bits per heavy atom. The number of hydrogen-bond donors (Lipinski definition) is 1. The van der Waals surface area contributed by atoms with Crippen molar-refractivity contribution >= 4 is 21.9 Å². The topological polar surface area (TPSA) is 37.3 Å². The fourth-order valence-electron chi connectivity index (χ4n) is 0.935. The number of halogens is 3. The number of rotatable bonds is 1. The number of hydrogen-bond acceptors (Lipinski definition) is 1. The van der Waals surface area contributed by atoms with E-state index in [4.69, 9.17) is 5.11 Å². The summed E-state index contributed by atoms with van der Waals surface area (Å²) in [6.07, 6.45) is 0. The molecule has 0 atom stereocenters. The van der Waals surface area contributed by atoms with Crippen molar-refractivity contribution in [3.63, 3.8) is 0 Å². The Morgan fingerprint density at radius 2 is 2.07 bits per heavy atom. The first kappa shape index (κ1) is 11.7. The fraction of sp³-hybridized carbons (Fsp3) is 0.100. The van der Waals surface area contributed by atoms with E-state index in [-0.39, 0.29) is 5.56 Å². The minimum absolute atomic E-state index is 0.156. The molecule has 1 N–H and O–H groups in total. The van der Waals surface area contributed by atoms with Gasteiger partial charge in [-0.1, -0.05) is 27.8 Å². The highest BCUT2D eigenvalue weighted by Crippen LogP contribution is 2.14. The molecule has 78 valence electrons. The van der Waals surface area contributed by atoms with Crippen LogP contribution in [0.3, 0.4) is 0 Å². The largest absolute Gasteiger partial charge is 0.478 e. The Bertz CT molecular complexity index is 460. The van der Waals surface area contributed by atoms with Gasteiger partial charge >= 0.3 is 5.97 Å². The number of benzene rings is 1. The van der Waals surface area contributed by atoms with Gasteiger partial charge in [0.15, 0.2) is 0 Å². The van der Waals surface area contributed by atoms with Gasteiger partial charge in [0.05, 0.1) is 16.5 Å². The van der Waals surface area contributed by atoms with Crippen molar-refractivity contribution in [2.24, 2.45) is 0 Å². The second-order valence-corrected chi connectivity index (χ2v) is 3.11. The first-order valence-electron chi connectivity index (χ1n) is 3.83. The first-order chi connectivity index (χ1) is 7.06. The summed E-state index contributed by atoms with van der Waals surface area (Å²) in [6, 6.07) is 1.39. The third-order valence-corrected chi connectivity index (χ3v) is 1.86. The third kappa shape index (κ3) is 2.77. The van der Waals surface area contributed by atoms with Crippen molar-refractivity contribution in [2.75, 3.05) is 5.33 Å². The number of aromatic carboxylic acids is 1. The lowest BCUT2D eigenvalue weighted by molar-refractivity contribution is 0.0691. The van der Waals surface area contributed by atoms with E-state index in [1.165, 1.54) is 0 Å². The van der Waals surface area contributed by atoms with Crippen molar-refractivity contribution in [1.82, 2.24) is 0 Å². The Labute approximate surface area is 93.0 Å². The van der Waals surface area contributed by atoms with Crippen LogP contribution in [0.5, 0.6) is 0 Å². The van der Waals surface area contributed by atoms with Crippen molar-refractivity contribution in [3.8, 4) is 11.8 Å². The van der Waals surface area contributed by atoms with E-state index in [0.29, 0.717) is 11.4 Å². The van der Waals surface area contributed by atoms with E-state index in [9.17, 15) is 13.6 Å². The third-order valence-electron chi connectivity index (χ3n) is 1.58. The second-order valence-electron chi connectivity index (χ2n) is 2.55. The second kappa shape index (κ2) is 4.89. The summed E-state index contributed by atoms with van der Waals surface area (Å²) in [7, 11) is 0. The molecule has 15 heavy (non-hydrogen) atoms. The summed E-state index contributed by atoms with van der Waals surface area (Å²) in [5.74, 6) is 1.51. The molecule has 0 amide bonds. The molecule has 1 rings (SSSR count). The lowest BCUT2D eigenvalue weighted by Gasteiger charge is -1.99. The highest BCUT2D eigenvalue weighted by atomic mass is 79.9. The van der Waals surface area contributed by atoms with Crippen LogP contribution < -0.4 is 0 Å². The van der Waals surface area contributed by atoms with Crippen LogP contribution in [0.2, 0.25) is 0 Å². The van der Waals surface area contributed by atoms with E-state index >= 15 is 0 Å². The fourth-order valence-corrected chi connectivity index (χ4v) is 1.08. The van der Waals surface area contributed by atoms with Crippen LogP contribution in [0.15, 0.2) is 12.1 Å². The number of carbonyl (C=O) groups is 1. The van der Waals surface area contributed by atoms with Gasteiger partial charge in [-0.15, -0.1) is 0 Å². The molecule has 0 heterocycles. The average Bonchev–Trinajstić information content (AvgIpc) is 2.18. The quantitative estimate of drug-likeness (QED) is 0.631. The zero-order valence-corrected chi connectivity index (χ0v) is 8.94. The van der Waals surface area contributed by atoms with Gasteiger partial charge in [0.1, 0.15) is 11.6 Å². The van der Waals surface area contributed by atoms with Gasteiger partial charge in [0, 0.05) is 0 Å². The molecule has 0 saturated carbocycles. The number of carboxylic acids is 1. The van der Waals surface area contributed by atoms with Gasteiger partial charge in [-0.3, -0.25) is 0 Å². The zero-order chi connectivity index (χ0) is 11.4. The molecule has 0 radical (unpaired) electrons. The smallest absolute Gasteiger partial charge is 0.338 e. The summed E-state index contributed by atoms with van der Waals surface area (Å²) >= 11 is 3.00. The summed E-state index contributed by atoms with van der Waals surface area (Å²) in [5, 5.41) is 8.83. The van der Waals surface area contributed by atoms with Crippen LogP contribution >= 0.6 is 15.9 Å². The van der Waals surface area contributed by atoms with E-state index in [2.05, 4.69) is 27.8 Å². The molecule has 0 spiro atoms. The molecular formula is C10H5BrF2O2. The lowest BCUT2D eigenvalue weighted by atomic mass is 10.1. The van der Waals surface area contributed by atoms with Gasteiger partial charge in [-0.25, -0.2) is 13.6 Å². The SMILES string of the molecule is O=C(O)c1cc(F)c(C#CCBr)cc1F. The molecular weight excluding hydrogens is 270 g/mol. The van der Waals surface area contributed by atoms with Gasteiger partial charge in [0.25, 0.3) is 0 Å². The van der Waals surface area contributed by atoms with Crippen LogP contribution in [-0.2, 0) is 0 Å². The van der Waals surface area contributed by atoms with Crippen molar-refractivity contribution < 1.29 is 18.7 Å². The van der Waals surface area contributed by atoms with Crippen molar-refractivity contribution in [2.45, 2.75) is 0 Å². The molecule has 0 aliphatic rings. The van der Waals surface area contributed by atoms with Crippen molar-refractivity contribution in [1.29, 1.82) is 0 Å². The lowest BCUT2D eigenvalue weighted by Crippen LogP contribution is -2.02. The highest BCUT2D eigenvalue weighted by Gasteiger charge is 2.13. The summed E-state index contributed by atoms with van der Waals surface area (Å²) < 4.78 is 26.2. The molecule has 0 unspecified atom stereocenters. The maximum atomic E-state index is 13.2. The predicted molar refractivity (Wildman–Crippen MR) is 54.0 cm³/mol. The molecule has 5 heteroatoms. The van der Waals surface area contributed by atoms with Crippen LogP contribution in [0.1, 0.15) is 15.9 Å². The summed E-state index contributed by atoms with van der Waals surface area (Å²) in [5.41, 5.74) is -0.853. The standard InChI is InChI=1S/C10H5BrF2O2/c11-3-1-2-6-4-9(13)7(10(14)15)5-8(6)12/h4-5H,3H2,(H,14,15). The number of carboxylic acid groups (broad SMARTS) is 1. The Morgan fingerprint density at radius 3 is 2.60 bits per heavy atom. The maximum Gasteiger partial charge on any atom is 0.338 e. The molecule has 0 aliphatic heterocycles. The Hall–Kier alpha value is -1.41. The molecule has 0 fully saturated rings. The normalized spacial score (nSPS) is 9.27. The molecule has 1 aromatic carbocycles. The summed E-state index contributed by atoms with van der Waals surface area (Å²) in [4.78, 5) is 10.4. The average molecular weight is 275 g/mol. The maximum absolute atomic E-state index is 13.2. The zero-order valence-electron chi connectivity index (χ0n) is 7.35. The minimum Gasteiger partial charge on any atom is -0.478 e. The molecule has 0 aromatic heterocycles. The monoisotopic (exact) mass is 274 g/mol. The molecule has 1 aromatic rings. The van der Waals surface area contributed by atoms with E-state index in [1.807, 2.05) is 0 Å². The van der Waals surface area contributed by atoms with Gasteiger partial charge in [-0.05, 0) is 12.1 Å².